The molecule has 148 valence electrons. The fraction of sp³-hybridized carbons (Fsp3) is 0.600. The summed E-state index contributed by atoms with van der Waals surface area (Å²) in [5, 5.41) is 2.62. The average molecular weight is 376 g/mol. The van der Waals surface area contributed by atoms with Crippen LogP contribution in [0.3, 0.4) is 0 Å². The number of nitrogens with one attached hydrogen (secondary N) is 1. The largest absolute Gasteiger partial charge is 0.444 e. The molecule has 0 unspecified atom stereocenters. The highest BCUT2D eigenvalue weighted by molar-refractivity contribution is 5.87. The van der Waals surface area contributed by atoms with E-state index in [2.05, 4.69) is 5.32 Å². The Morgan fingerprint density at radius 2 is 2.00 bits per heavy atom. The quantitative estimate of drug-likeness (QED) is 0.854. The van der Waals surface area contributed by atoms with Crippen molar-refractivity contribution >= 4 is 12.0 Å². The zero-order valence-corrected chi connectivity index (χ0v) is 16.1. The molecule has 3 atom stereocenters. The van der Waals surface area contributed by atoms with Gasteiger partial charge >= 0.3 is 6.09 Å². The van der Waals surface area contributed by atoms with Crippen LogP contribution in [0, 0.1) is 0 Å². The molecule has 7 nitrogen and oxygen atoms in total. The molecule has 2 amide bonds. The van der Waals surface area contributed by atoms with Crippen LogP contribution < -0.4 is 5.32 Å². The number of benzene rings is 1. The second-order valence-corrected chi connectivity index (χ2v) is 7.96. The van der Waals surface area contributed by atoms with Gasteiger partial charge in [0.05, 0.1) is 25.9 Å². The third-order valence-corrected chi connectivity index (χ3v) is 4.57. The number of rotatable bonds is 5. The van der Waals surface area contributed by atoms with Crippen LogP contribution in [0.2, 0.25) is 0 Å². The second-order valence-electron chi connectivity index (χ2n) is 7.96. The Balaban J connectivity index is 1.54. The van der Waals surface area contributed by atoms with Crippen LogP contribution in [0.25, 0.3) is 0 Å². The van der Waals surface area contributed by atoms with E-state index in [0.717, 1.165) is 18.4 Å². The van der Waals surface area contributed by atoms with E-state index >= 15 is 0 Å². The highest BCUT2D eigenvalue weighted by Crippen LogP contribution is 2.29. The van der Waals surface area contributed by atoms with E-state index in [0.29, 0.717) is 13.2 Å². The van der Waals surface area contributed by atoms with Crippen LogP contribution in [0.15, 0.2) is 30.3 Å². The van der Waals surface area contributed by atoms with Gasteiger partial charge in [-0.05, 0) is 39.2 Å². The summed E-state index contributed by atoms with van der Waals surface area (Å²) < 4.78 is 16.9. The molecule has 0 aliphatic carbocycles. The molecule has 1 aromatic carbocycles. The molecule has 1 aromatic rings. The Hall–Kier alpha value is -2.12. The maximum atomic E-state index is 12.9. The molecule has 2 aliphatic heterocycles. The minimum atomic E-state index is -0.731. The summed E-state index contributed by atoms with van der Waals surface area (Å²) in [4.78, 5) is 26.6. The molecule has 0 aromatic heterocycles. The molecule has 3 rings (SSSR count). The fourth-order valence-corrected chi connectivity index (χ4v) is 3.40. The van der Waals surface area contributed by atoms with E-state index in [9.17, 15) is 9.59 Å². The molecule has 2 aliphatic rings. The Kier molecular flexibility index (Phi) is 6.01. The number of fused-ring (bicyclic) bond motifs is 1. The third-order valence-electron chi connectivity index (χ3n) is 4.57. The molecule has 0 spiro atoms. The Labute approximate surface area is 160 Å². The number of hydrogen-bond acceptors (Lipinski definition) is 5. The molecule has 2 saturated heterocycles. The van der Waals surface area contributed by atoms with Crippen molar-refractivity contribution in [2.24, 2.45) is 0 Å². The predicted octanol–water partition coefficient (Wildman–Crippen LogP) is 2.44. The third kappa shape index (κ3) is 5.20. The molecule has 7 heteroatoms. The van der Waals surface area contributed by atoms with Crippen molar-refractivity contribution in [1.82, 2.24) is 10.2 Å². The summed E-state index contributed by atoms with van der Waals surface area (Å²) in [7, 11) is 0. The smallest absolute Gasteiger partial charge is 0.408 e. The number of hydrogen-bond donors (Lipinski definition) is 1. The molecular formula is C20H28N2O5. The average Bonchev–Trinajstić information content (AvgIpc) is 3.01. The first-order valence-corrected chi connectivity index (χ1v) is 9.38. The van der Waals surface area contributed by atoms with Crippen molar-refractivity contribution in [1.29, 1.82) is 0 Å². The minimum Gasteiger partial charge on any atom is -0.444 e. The molecular weight excluding hydrogens is 348 g/mol. The Bertz CT molecular complexity index is 658. The Morgan fingerprint density at radius 3 is 2.70 bits per heavy atom. The zero-order valence-electron chi connectivity index (χ0n) is 16.1. The number of carbonyl (C=O) groups is 2. The van der Waals surface area contributed by atoms with Gasteiger partial charge in [0, 0.05) is 0 Å². The van der Waals surface area contributed by atoms with Gasteiger partial charge in [-0.3, -0.25) is 4.79 Å². The van der Waals surface area contributed by atoms with E-state index < -0.39 is 17.7 Å². The van der Waals surface area contributed by atoms with Crippen molar-refractivity contribution in [2.75, 3.05) is 13.2 Å². The van der Waals surface area contributed by atoms with Gasteiger partial charge in [-0.1, -0.05) is 30.3 Å². The molecule has 27 heavy (non-hydrogen) atoms. The van der Waals surface area contributed by atoms with Crippen molar-refractivity contribution in [2.45, 2.75) is 64.1 Å². The van der Waals surface area contributed by atoms with E-state index in [1.807, 2.05) is 30.3 Å². The number of ether oxygens (including phenoxy) is 3. The highest BCUT2D eigenvalue weighted by atomic mass is 16.6. The summed E-state index contributed by atoms with van der Waals surface area (Å²) in [5.74, 6) is -0.136. The van der Waals surface area contributed by atoms with Gasteiger partial charge in [0.25, 0.3) is 0 Å². The van der Waals surface area contributed by atoms with Crippen LogP contribution in [-0.2, 0) is 25.6 Å². The van der Waals surface area contributed by atoms with E-state index in [-0.39, 0.29) is 24.8 Å². The van der Waals surface area contributed by atoms with Gasteiger partial charge in [-0.15, -0.1) is 0 Å². The topological polar surface area (TPSA) is 77.1 Å². The van der Waals surface area contributed by atoms with Crippen LogP contribution in [-0.4, -0.2) is 54.0 Å². The van der Waals surface area contributed by atoms with E-state index in [1.165, 1.54) is 0 Å². The van der Waals surface area contributed by atoms with Gasteiger partial charge < -0.3 is 24.4 Å². The molecule has 0 radical (unpaired) electrons. The van der Waals surface area contributed by atoms with Gasteiger partial charge in [-0.25, -0.2) is 4.79 Å². The van der Waals surface area contributed by atoms with Crippen LogP contribution in [0.1, 0.15) is 39.2 Å². The SMILES string of the molecule is CC(C)(C)OC(=O)N[C@@H]1CO[C@H]2CC[C@H](COCc3ccccc3)N2C1=O. The summed E-state index contributed by atoms with van der Waals surface area (Å²) in [6, 6.07) is 9.14. The van der Waals surface area contributed by atoms with Crippen LogP contribution in [0.5, 0.6) is 0 Å². The van der Waals surface area contributed by atoms with Gasteiger partial charge in [-0.2, -0.15) is 0 Å². The highest BCUT2D eigenvalue weighted by Gasteiger charge is 2.45. The lowest BCUT2D eigenvalue weighted by atomic mass is 10.2. The number of nitrogens with zero attached hydrogens (tertiary/aromatic N) is 1. The first kappa shape index (κ1) is 19.6. The standard InChI is InChI=1S/C20H28N2O5/c1-20(2,3)27-19(24)21-16-13-26-17-10-9-15(22(17)18(16)23)12-25-11-14-7-5-4-6-8-14/h4-8,15-17H,9-13H2,1-3H3,(H,21,24)/t15-,16-,17+/m1/s1. The van der Waals surface area contributed by atoms with Crippen LogP contribution >= 0.6 is 0 Å². The second kappa shape index (κ2) is 8.27. The summed E-state index contributed by atoms with van der Waals surface area (Å²) >= 11 is 0. The van der Waals surface area contributed by atoms with E-state index in [1.54, 1.807) is 25.7 Å². The van der Waals surface area contributed by atoms with Gasteiger partial charge in [0.1, 0.15) is 17.9 Å². The predicted molar refractivity (Wildman–Crippen MR) is 98.9 cm³/mol. The Morgan fingerprint density at radius 1 is 1.26 bits per heavy atom. The zero-order chi connectivity index (χ0) is 19.4. The molecule has 2 fully saturated rings. The van der Waals surface area contributed by atoms with Crippen molar-refractivity contribution in [3.05, 3.63) is 35.9 Å². The van der Waals surface area contributed by atoms with Crippen molar-refractivity contribution in [3.63, 3.8) is 0 Å². The lowest BCUT2D eigenvalue weighted by molar-refractivity contribution is -0.165. The number of carbonyl (C=O) groups excluding carboxylic acids is 2. The minimum absolute atomic E-state index is 0.0468. The number of alkyl carbamates (subject to hydrolysis) is 1. The molecule has 2 heterocycles. The molecule has 1 N–H and O–H groups in total. The summed E-state index contributed by atoms with van der Waals surface area (Å²) in [5.41, 5.74) is 0.477. The number of amides is 2. The van der Waals surface area contributed by atoms with Gasteiger partial charge in [0.15, 0.2) is 0 Å². The first-order chi connectivity index (χ1) is 12.8. The maximum absolute atomic E-state index is 12.9. The van der Waals surface area contributed by atoms with Crippen molar-refractivity contribution in [3.8, 4) is 0 Å². The van der Waals surface area contributed by atoms with Crippen molar-refractivity contribution < 1.29 is 23.8 Å². The molecule has 0 bridgehead atoms. The van der Waals surface area contributed by atoms with E-state index in [4.69, 9.17) is 14.2 Å². The van der Waals surface area contributed by atoms with Gasteiger partial charge in [0.2, 0.25) is 5.91 Å². The lowest BCUT2D eigenvalue weighted by Crippen LogP contribution is -2.60. The fourth-order valence-electron chi connectivity index (χ4n) is 3.40. The first-order valence-electron chi connectivity index (χ1n) is 9.38. The van der Waals surface area contributed by atoms with Crippen LogP contribution in [0.4, 0.5) is 4.79 Å². The molecule has 0 saturated carbocycles. The lowest BCUT2D eigenvalue weighted by Gasteiger charge is -2.38. The maximum Gasteiger partial charge on any atom is 0.408 e. The summed E-state index contributed by atoms with van der Waals surface area (Å²) in [6.07, 6.45) is 0.757. The monoisotopic (exact) mass is 376 g/mol. The summed E-state index contributed by atoms with van der Waals surface area (Å²) in [6.45, 7) is 6.45. The normalized spacial score (nSPS) is 25.2.